The number of carbonyl (C=O) groups excluding carboxylic acids is 1. The lowest BCUT2D eigenvalue weighted by molar-refractivity contribution is -0.121. The lowest BCUT2D eigenvalue weighted by Gasteiger charge is -2.07. The zero-order chi connectivity index (χ0) is 21.7. The predicted molar refractivity (Wildman–Crippen MR) is 129 cm³/mol. The zero-order valence-corrected chi connectivity index (χ0v) is 19.9. The number of ether oxygens (including phenoxy) is 1. The molecule has 172 valence electrons. The molecule has 1 aromatic rings. The molecule has 0 heterocycles. The number of carbonyl (C=O) groups is 1. The summed E-state index contributed by atoms with van der Waals surface area (Å²) in [7, 11) is 1.68. The molecule has 1 amide bonds. The third-order valence-corrected chi connectivity index (χ3v) is 5.88. The Labute approximate surface area is 186 Å². The van der Waals surface area contributed by atoms with Gasteiger partial charge in [0.2, 0.25) is 5.91 Å². The van der Waals surface area contributed by atoms with Crippen molar-refractivity contribution in [3.8, 4) is 5.75 Å². The maximum absolute atomic E-state index is 12.0. The van der Waals surface area contributed by atoms with Gasteiger partial charge in [-0.2, -0.15) is 0 Å². The topological polar surface area (TPSA) is 38.3 Å². The summed E-state index contributed by atoms with van der Waals surface area (Å²) in [5.74, 6) is 1.06. The van der Waals surface area contributed by atoms with E-state index in [0.29, 0.717) is 13.0 Å². The molecule has 1 N–H and O–H groups in total. The quantitative estimate of drug-likeness (QED) is 0.222. The molecule has 1 rings (SSSR count). The Hall–Kier alpha value is -1.51. The second-order valence-electron chi connectivity index (χ2n) is 8.65. The van der Waals surface area contributed by atoms with Gasteiger partial charge in [-0.3, -0.25) is 4.79 Å². The average Bonchev–Trinajstić information content (AvgIpc) is 2.76. The number of rotatable bonds is 20. The number of unbranched alkanes of at least 4 members (excludes halogenated alkanes) is 14. The van der Waals surface area contributed by atoms with Crippen LogP contribution in [-0.4, -0.2) is 19.6 Å². The third kappa shape index (κ3) is 15.3. The van der Waals surface area contributed by atoms with Gasteiger partial charge in [-0.05, 0) is 30.5 Å². The van der Waals surface area contributed by atoms with Gasteiger partial charge < -0.3 is 10.1 Å². The number of nitrogens with one attached hydrogen (secondary N) is 1. The highest BCUT2D eigenvalue weighted by Crippen LogP contribution is 2.14. The van der Waals surface area contributed by atoms with Crippen LogP contribution in [0.3, 0.4) is 0 Å². The summed E-state index contributed by atoms with van der Waals surface area (Å²) in [4.78, 5) is 12.0. The van der Waals surface area contributed by atoms with Gasteiger partial charge in [0, 0.05) is 13.0 Å². The smallest absolute Gasteiger partial charge is 0.220 e. The van der Waals surface area contributed by atoms with Crippen molar-refractivity contribution in [3.05, 3.63) is 29.8 Å². The van der Waals surface area contributed by atoms with Crippen molar-refractivity contribution < 1.29 is 9.53 Å². The standard InChI is InChI=1S/C27H47NO2/c1-3-4-5-6-7-8-9-10-11-12-13-14-15-16-17-21-27(29)28-23-22-25-19-18-20-26(24-25)30-2/h18-20,24H,3-17,21-23H2,1-2H3,(H,28,29). The van der Waals surface area contributed by atoms with Crippen molar-refractivity contribution >= 4 is 5.91 Å². The first kappa shape index (κ1) is 26.5. The minimum Gasteiger partial charge on any atom is -0.497 e. The van der Waals surface area contributed by atoms with Crippen LogP contribution in [0.5, 0.6) is 5.75 Å². The van der Waals surface area contributed by atoms with Crippen LogP contribution in [0.15, 0.2) is 24.3 Å². The maximum Gasteiger partial charge on any atom is 0.220 e. The Morgan fingerprint density at radius 1 is 0.800 bits per heavy atom. The van der Waals surface area contributed by atoms with Gasteiger partial charge in [0.25, 0.3) is 0 Å². The van der Waals surface area contributed by atoms with Crippen LogP contribution >= 0.6 is 0 Å². The molecule has 0 saturated carbocycles. The van der Waals surface area contributed by atoms with Crippen LogP contribution in [0, 0.1) is 0 Å². The number of methoxy groups -OCH3 is 1. The molecule has 1 aromatic carbocycles. The van der Waals surface area contributed by atoms with Gasteiger partial charge in [-0.25, -0.2) is 0 Å². The first-order valence-corrected chi connectivity index (χ1v) is 12.7. The van der Waals surface area contributed by atoms with Gasteiger partial charge in [-0.15, -0.1) is 0 Å². The lowest BCUT2D eigenvalue weighted by Crippen LogP contribution is -2.25. The van der Waals surface area contributed by atoms with E-state index in [2.05, 4.69) is 18.3 Å². The zero-order valence-electron chi connectivity index (χ0n) is 19.9. The Balaban J connectivity index is 1.82. The van der Waals surface area contributed by atoms with E-state index in [0.717, 1.165) is 18.6 Å². The Morgan fingerprint density at radius 2 is 1.33 bits per heavy atom. The van der Waals surface area contributed by atoms with Crippen LogP contribution in [0.4, 0.5) is 0 Å². The molecule has 0 aliphatic carbocycles. The summed E-state index contributed by atoms with van der Waals surface area (Å²) in [5, 5.41) is 3.04. The maximum atomic E-state index is 12.0. The fourth-order valence-electron chi connectivity index (χ4n) is 3.92. The Kier molecular flexibility index (Phi) is 17.2. The number of hydrogen-bond donors (Lipinski definition) is 1. The van der Waals surface area contributed by atoms with E-state index in [4.69, 9.17) is 4.74 Å². The summed E-state index contributed by atoms with van der Waals surface area (Å²) in [6.45, 7) is 2.98. The van der Waals surface area contributed by atoms with Crippen molar-refractivity contribution in [2.24, 2.45) is 0 Å². The van der Waals surface area contributed by atoms with E-state index >= 15 is 0 Å². The highest BCUT2D eigenvalue weighted by atomic mass is 16.5. The molecule has 0 bridgehead atoms. The van der Waals surface area contributed by atoms with E-state index in [1.165, 1.54) is 95.5 Å². The monoisotopic (exact) mass is 417 g/mol. The molecular weight excluding hydrogens is 370 g/mol. The van der Waals surface area contributed by atoms with Crippen molar-refractivity contribution in [3.63, 3.8) is 0 Å². The molecule has 0 aliphatic heterocycles. The van der Waals surface area contributed by atoms with Gasteiger partial charge in [0.1, 0.15) is 5.75 Å². The van der Waals surface area contributed by atoms with E-state index < -0.39 is 0 Å². The normalized spacial score (nSPS) is 10.9. The van der Waals surface area contributed by atoms with E-state index in [-0.39, 0.29) is 5.91 Å². The molecule has 3 heteroatoms. The summed E-state index contributed by atoms with van der Waals surface area (Å²) in [6, 6.07) is 8.04. The number of benzene rings is 1. The Morgan fingerprint density at radius 3 is 1.87 bits per heavy atom. The molecule has 0 aliphatic rings. The largest absolute Gasteiger partial charge is 0.497 e. The SMILES string of the molecule is CCCCCCCCCCCCCCCCCC(=O)NCCc1cccc(OC)c1. The number of amides is 1. The van der Waals surface area contributed by atoms with Gasteiger partial charge in [-0.1, -0.05) is 109 Å². The summed E-state index contributed by atoms with van der Waals surface area (Å²) >= 11 is 0. The van der Waals surface area contributed by atoms with Crippen LogP contribution in [-0.2, 0) is 11.2 Å². The molecule has 30 heavy (non-hydrogen) atoms. The molecule has 0 radical (unpaired) electrons. The van der Waals surface area contributed by atoms with Crippen molar-refractivity contribution in [2.45, 2.75) is 116 Å². The molecule has 3 nitrogen and oxygen atoms in total. The van der Waals surface area contributed by atoms with E-state index in [1.807, 2.05) is 18.2 Å². The van der Waals surface area contributed by atoms with E-state index in [1.54, 1.807) is 7.11 Å². The molecule has 0 spiro atoms. The molecule has 0 unspecified atom stereocenters. The van der Waals surface area contributed by atoms with Crippen molar-refractivity contribution in [1.82, 2.24) is 5.32 Å². The second-order valence-corrected chi connectivity index (χ2v) is 8.65. The predicted octanol–water partition coefficient (Wildman–Crippen LogP) is 7.62. The van der Waals surface area contributed by atoms with E-state index in [9.17, 15) is 4.79 Å². The van der Waals surface area contributed by atoms with Crippen molar-refractivity contribution in [1.29, 1.82) is 0 Å². The number of hydrogen-bond acceptors (Lipinski definition) is 2. The van der Waals surface area contributed by atoms with Crippen LogP contribution in [0.1, 0.15) is 115 Å². The average molecular weight is 418 g/mol. The fourth-order valence-corrected chi connectivity index (χ4v) is 3.92. The molecule has 0 atom stereocenters. The molecule has 0 aromatic heterocycles. The lowest BCUT2D eigenvalue weighted by atomic mass is 10.0. The van der Waals surface area contributed by atoms with Gasteiger partial charge in [0.05, 0.1) is 7.11 Å². The van der Waals surface area contributed by atoms with Crippen molar-refractivity contribution in [2.75, 3.05) is 13.7 Å². The fraction of sp³-hybridized carbons (Fsp3) is 0.741. The molecule has 0 fully saturated rings. The molecule has 0 saturated heterocycles. The van der Waals surface area contributed by atoms with Crippen LogP contribution in [0.2, 0.25) is 0 Å². The molecular formula is C27H47NO2. The van der Waals surface area contributed by atoms with Crippen LogP contribution < -0.4 is 10.1 Å². The summed E-state index contributed by atoms with van der Waals surface area (Å²) < 4.78 is 5.23. The van der Waals surface area contributed by atoms with Gasteiger partial charge in [0.15, 0.2) is 0 Å². The van der Waals surface area contributed by atoms with Gasteiger partial charge >= 0.3 is 0 Å². The first-order chi connectivity index (χ1) is 14.8. The minimum absolute atomic E-state index is 0.188. The second kappa shape index (κ2) is 19.5. The van der Waals surface area contributed by atoms with Crippen LogP contribution in [0.25, 0.3) is 0 Å². The first-order valence-electron chi connectivity index (χ1n) is 12.7. The Bertz CT molecular complexity index is 529. The third-order valence-electron chi connectivity index (χ3n) is 5.88. The highest BCUT2D eigenvalue weighted by molar-refractivity contribution is 5.75. The highest BCUT2D eigenvalue weighted by Gasteiger charge is 2.02. The summed E-state index contributed by atoms with van der Waals surface area (Å²) in [5.41, 5.74) is 1.20. The minimum atomic E-state index is 0.188. The summed E-state index contributed by atoms with van der Waals surface area (Å²) in [6.07, 6.45) is 21.8.